The fourth-order valence-corrected chi connectivity index (χ4v) is 3.73. The summed E-state index contributed by atoms with van der Waals surface area (Å²) in [6.07, 6.45) is 10.9. The highest BCUT2D eigenvalue weighted by molar-refractivity contribution is 5.84. The lowest BCUT2D eigenvalue weighted by atomic mass is 9.77. The number of fused-ring (bicyclic) bond motifs is 1. The number of hydrogen-bond donors (Lipinski definition) is 0. The Bertz CT molecular complexity index is 663. The molecule has 2 aromatic carbocycles. The fourth-order valence-electron chi connectivity index (χ4n) is 3.73. The third-order valence-corrected chi connectivity index (χ3v) is 5.31. The SMILES string of the molecule is CC=CCOc1ccc2cc(C3CCC(CC)CC3)ccc2c1. The van der Waals surface area contributed by atoms with Gasteiger partial charge in [0.25, 0.3) is 0 Å². The summed E-state index contributed by atoms with van der Waals surface area (Å²) in [6.45, 7) is 4.98. The molecule has 0 saturated heterocycles. The van der Waals surface area contributed by atoms with Gasteiger partial charge in [0.1, 0.15) is 12.4 Å². The summed E-state index contributed by atoms with van der Waals surface area (Å²) in [5.41, 5.74) is 1.52. The molecular weight excluding hydrogens is 280 g/mol. The van der Waals surface area contributed by atoms with Gasteiger partial charge in [0.2, 0.25) is 0 Å². The van der Waals surface area contributed by atoms with Crippen LogP contribution in [0.25, 0.3) is 10.8 Å². The van der Waals surface area contributed by atoms with Crippen LogP contribution in [0.2, 0.25) is 0 Å². The first-order valence-corrected chi connectivity index (χ1v) is 9.07. The number of ether oxygens (including phenoxy) is 1. The minimum atomic E-state index is 0.640. The highest BCUT2D eigenvalue weighted by atomic mass is 16.5. The largest absolute Gasteiger partial charge is 0.490 e. The van der Waals surface area contributed by atoms with Crippen molar-refractivity contribution in [2.75, 3.05) is 6.61 Å². The van der Waals surface area contributed by atoms with Crippen molar-refractivity contribution in [2.45, 2.75) is 51.9 Å². The fraction of sp³-hybridized carbons (Fsp3) is 0.455. The van der Waals surface area contributed by atoms with Crippen molar-refractivity contribution in [2.24, 2.45) is 5.92 Å². The van der Waals surface area contributed by atoms with E-state index in [9.17, 15) is 0 Å². The Hall–Kier alpha value is -1.76. The van der Waals surface area contributed by atoms with Crippen LogP contribution in [0.1, 0.15) is 57.4 Å². The Labute approximate surface area is 140 Å². The molecular formula is C22H28O. The Morgan fingerprint density at radius 3 is 2.48 bits per heavy atom. The molecule has 122 valence electrons. The maximum absolute atomic E-state index is 5.74. The van der Waals surface area contributed by atoms with Gasteiger partial charge in [-0.2, -0.15) is 0 Å². The first-order valence-electron chi connectivity index (χ1n) is 9.07. The van der Waals surface area contributed by atoms with Crippen LogP contribution in [0.3, 0.4) is 0 Å². The van der Waals surface area contributed by atoms with Crippen molar-refractivity contribution < 1.29 is 4.74 Å². The van der Waals surface area contributed by atoms with Crippen LogP contribution in [0.4, 0.5) is 0 Å². The first kappa shape index (κ1) is 16.1. The molecule has 0 N–H and O–H groups in total. The molecule has 1 saturated carbocycles. The summed E-state index contributed by atoms with van der Waals surface area (Å²) in [6, 6.07) is 13.4. The summed E-state index contributed by atoms with van der Waals surface area (Å²) in [7, 11) is 0. The summed E-state index contributed by atoms with van der Waals surface area (Å²) >= 11 is 0. The second-order valence-electron chi connectivity index (χ2n) is 6.77. The van der Waals surface area contributed by atoms with E-state index in [1.54, 1.807) is 0 Å². The van der Waals surface area contributed by atoms with Crippen LogP contribution < -0.4 is 4.74 Å². The Balaban J connectivity index is 1.73. The Morgan fingerprint density at radius 2 is 1.74 bits per heavy atom. The van der Waals surface area contributed by atoms with E-state index in [2.05, 4.69) is 43.3 Å². The zero-order valence-corrected chi connectivity index (χ0v) is 14.4. The van der Waals surface area contributed by atoms with E-state index in [1.807, 2.05) is 19.1 Å². The first-order chi connectivity index (χ1) is 11.3. The zero-order chi connectivity index (χ0) is 16.1. The molecule has 0 atom stereocenters. The van der Waals surface area contributed by atoms with E-state index in [0.717, 1.165) is 17.6 Å². The van der Waals surface area contributed by atoms with Crippen LogP contribution in [0, 0.1) is 5.92 Å². The summed E-state index contributed by atoms with van der Waals surface area (Å²) in [5.74, 6) is 2.67. The van der Waals surface area contributed by atoms with Crippen LogP contribution >= 0.6 is 0 Å². The molecule has 0 spiro atoms. The average Bonchev–Trinajstić information content (AvgIpc) is 2.61. The second-order valence-corrected chi connectivity index (χ2v) is 6.77. The highest BCUT2D eigenvalue weighted by Gasteiger charge is 2.21. The van der Waals surface area contributed by atoms with Crippen LogP contribution in [-0.2, 0) is 0 Å². The molecule has 1 fully saturated rings. The third-order valence-electron chi connectivity index (χ3n) is 5.31. The van der Waals surface area contributed by atoms with E-state index in [-0.39, 0.29) is 0 Å². The van der Waals surface area contributed by atoms with Crippen molar-refractivity contribution >= 4 is 10.8 Å². The molecule has 0 amide bonds. The predicted molar refractivity (Wildman–Crippen MR) is 99.2 cm³/mol. The maximum Gasteiger partial charge on any atom is 0.120 e. The van der Waals surface area contributed by atoms with E-state index >= 15 is 0 Å². The molecule has 0 unspecified atom stereocenters. The maximum atomic E-state index is 5.74. The molecule has 1 aliphatic carbocycles. The summed E-state index contributed by atoms with van der Waals surface area (Å²) < 4.78 is 5.74. The molecule has 0 radical (unpaired) electrons. The Kier molecular flexibility index (Phi) is 5.38. The van der Waals surface area contributed by atoms with Gasteiger partial charge in [-0.25, -0.2) is 0 Å². The van der Waals surface area contributed by atoms with Gasteiger partial charge < -0.3 is 4.74 Å². The molecule has 0 bridgehead atoms. The molecule has 0 heterocycles. The van der Waals surface area contributed by atoms with Gasteiger partial charge in [-0.15, -0.1) is 0 Å². The lowest BCUT2D eigenvalue weighted by Crippen LogP contribution is -2.12. The van der Waals surface area contributed by atoms with E-state index in [0.29, 0.717) is 6.61 Å². The van der Waals surface area contributed by atoms with Crippen LogP contribution in [0.5, 0.6) is 5.75 Å². The van der Waals surface area contributed by atoms with Crippen molar-refractivity contribution in [1.29, 1.82) is 0 Å². The van der Waals surface area contributed by atoms with E-state index in [1.165, 1.54) is 48.4 Å². The summed E-state index contributed by atoms with van der Waals surface area (Å²) in [4.78, 5) is 0. The van der Waals surface area contributed by atoms with Gasteiger partial charge >= 0.3 is 0 Å². The molecule has 3 rings (SSSR count). The lowest BCUT2D eigenvalue weighted by Gasteiger charge is -2.28. The van der Waals surface area contributed by atoms with Crippen molar-refractivity contribution in [3.63, 3.8) is 0 Å². The van der Waals surface area contributed by atoms with Gasteiger partial charge in [0.05, 0.1) is 0 Å². The number of rotatable bonds is 5. The molecule has 0 aliphatic heterocycles. The monoisotopic (exact) mass is 308 g/mol. The average molecular weight is 308 g/mol. The van der Waals surface area contributed by atoms with E-state index in [4.69, 9.17) is 4.74 Å². The van der Waals surface area contributed by atoms with Crippen molar-refractivity contribution in [3.05, 3.63) is 54.1 Å². The van der Waals surface area contributed by atoms with Crippen molar-refractivity contribution in [1.82, 2.24) is 0 Å². The van der Waals surface area contributed by atoms with Crippen LogP contribution in [-0.4, -0.2) is 6.61 Å². The van der Waals surface area contributed by atoms with Gasteiger partial charge in [-0.1, -0.05) is 49.8 Å². The minimum absolute atomic E-state index is 0.640. The minimum Gasteiger partial charge on any atom is -0.490 e. The van der Waals surface area contributed by atoms with Gasteiger partial charge in [0.15, 0.2) is 0 Å². The molecule has 0 aromatic heterocycles. The number of benzene rings is 2. The van der Waals surface area contributed by atoms with E-state index < -0.39 is 0 Å². The predicted octanol–water partition coefficient (Wildman–Crippen LogP) is 6.48. The topological polar surface area (TPSA) is 9.23 Å². The molecule has 1 heteroatoms. The molecule has 1 aliphatic rings. The normalized spacial score (nSPS) is 21.8. The quantitative estimate of drug-likeness (QED) is 0.574. The molecule has 1 nitrogen and oxygen atoms in total. The standard InChI is InChI=1S/C22H28O/c1-3-5-14-23-22-13-12-20-15-19(10-11-21(20)16-22)18-8-6-17(4-2)7-9-18/h3,5,10-13,15-18H,4,6-9,14H2,1-2H3. The highest BCUT2D eigenvalue weighted by Crippen LogP contribution is 2.38. The van der Waals surface area contributed by atoms with Gasteiger partial charge in [-0.05, 0) is 72.9 Å². The Morgan fingerprint density at radius 1 is 1.00 bits per heavy atom. The van der Waals surface area contributed by atoms with Gasteiger partial charge in [-0.3, -0.25) is 0 Å². The lowest BCUT2D eigenvalue weighted by molar-refractivity contribution is 0.319. The third kappa shape index (κ3) is 3.96. The van der Waals surface area contributed by atoms with Gasteiger partial charge in [0, 0.05) is 0 Å². The number of allylic oxidation sites excluding steroid dienone is 1. The second kappa shape index (κ2) is 7.68. The zero-order valence-electron chi connectivity index (χ0n) is 14.4. The molecule has 2 aromatic rings. The molecule has 23 heavy (non-hydrogen) atoms. The number of hydrogen-bond acceptors (Lipinski definition) is 1. The van der Waals surface area contributed by atoms with Crippen LogP contribution in [0.15, 0.2) is 48.6 Å². The van der Waals surface area contributed by atoms with Crippen molar-refractivity contribution in [3.8, 4) is 5.75 Å². The summed E-state index contributed by atoms with van der Waals surface area (Å²) in [5, 5.41) is 2.60. The smallest absolute Gasteiger partial charge is 0.120 e.